The molecule has 0 radical (unpaired) electrons. The van der Waals surface area contributed by atoms with E-state index in [2.05, 4.69) is 4.74 Å². The number of ether oxygens (including phenoxy) is 1. The lowest BCUT2D eigenvalue weighted by molar-refractivity contribution is 0.0590. The van der Waals surface area contributed by atoms with Crippen molar-refractivity contribution >= 4 is 5.97 Å². The maximum absolute atomic E-state index is 12.5. The Balaban J connectivity index is 3.45. The first-order valence-electron chi connectivity index (χ1n) is 4.93. The van der Waals surface area contributed by atoms with Gasteiger partial charge in [-0.2, -0.15) is 0 Å². The number of rotatable bonds is 3. The molecule has 1 aromatic heterocycles. The summed E-state index contributed by atoms with van der Waals surface area (Å²) >= 11 is 0. The summed E-state index contributed by atoms with van der Waals surface area (Å²) in [7, 11) is 3.02. The standard InChI is InChI=1S/C11H16FNO3/c1-6-9(8(14)5-12)10(11(15)16-4)7(2)13(6)3/h8,14H,5H2,1-4H3. The van der Waals surface area contributed by atoms with Crippen molar-refractivity contribution in [2.24, 2.45) is 7.05 Å². The molecule has 0 aromatic carbocycles. The number of carbonyl (C=O) groups excluding carboxylic acids is 1. The van der Waals surface area contributed by atoms with Gasteiger partial charge < -0.3 is 14.4 Å². The number of nitrogens with zero attached hydrogens (tertiary/aromatic N) is 1. The third-order valence-electron chi connectivity index (χ3n) is 2.90. The number of halogens is 1. The Morgan fingerprint density at radius 2 is 2.06 bits per heavy atom. The van der Waals surface area contributed by atoms with E-state index in [1.165, 1.54) is 7.11 Å². The maximum atomic E-state index is 12.5. The number of aliphatic hydroxyl groups is 1. The molecule has 16 heavy (non-hydrogen) atoms. The fourth-order valence-electron chi connectivity index (χ4n) is 1.82. The Morgan fingerprint density at radius 1 is 1.50 bits per heavy atom. The Kier molecular flexibility index (Phi) is 3.70. The minimum Gasteiger partial charge on any atom is -0.465 e. The SMILES string of the molecule is COC(=O)c1c(C(O)CF)c(C)n(C)c1C. The predicted molar refractivity (Wildman–Crippen MR) is 57.2 cm³/mol. The van der Waals surface area contributed by atoms with Crippen LogP contribution in [0.25, 0.3) is 0 Å². The van der Waals surface area contributed by atoms with Gasteiger partial charge >= 0.3 is 5.97 Å². The van der Waals surface area contributed by atoms with Gasteiger partial charge in [0.05, 0.1) is 12.7 Å². The van der Waals surface area contributed by atoms with Crippen LogP contribution in [0.15, 0.2) is 0 Å². The number of aromatic nitrogens is 1. The molecule has 0 bridgehead atoms. The molecule has 1 aromatic rings. The highest BCUT2D eigenvalue weighted by molar-refractivity contribution is 5.93. The molecule has 0 aliphatic carbocycles. The number of carbonyl (C=O) groups is 1. The summed E-state index contributed by atoms with van der Waals surface area (Å²) < 4.78 is 18.9. The monoisotopic (exact) mass is 229 g/mol. The van der Waals surface area contributed by atoms with Gasteiger partial charge in [-0.15, -0.1) is 0 Å². The van der Waals surface area contributed by atoms with Crippen LogP contribution < -0.4 is 0 Å². The molecule has 0 aliphatic heterocycles. The van der Waals surface area contributed by atoms with E-state index in [-0.39, 0.29) is 5.56 Å². The van der Waals surface area contributed by atoms with Crippen LogP contribution in [0.5, 0.6) is 0 Å². The summed E-state index contributed by atoms with van der Waals surface area (Å²) in [5.74, 6) is -0.552. The molecule has 0 amide bonds. The number of methoxy groups -OCH3 is 1. The second kappa shape index (κ2) is 4.65. The van der Waals surface area contributed by atoms with Crippen molar-refractivity contribution < 1.29 is 19.0 Å². The van der Waals surface area contributed by atoms with Crippen LogP contribution in [0.1, 0.15) is 33.4 Å². The molecule has 0 fully saturated rings. The van der Waals surface area contributed by atoms with Crippen molar-refractivity contribution in [2.75, 3.05) is 13.8 Å². The van der Waals surface area contributed by atoms with E-state index in [1.54, 1.807) is 25.5 Å². The van der Waals surface area contributed by atoms with Gasteiger partial charge in [0.25, 0.3) is 0 Å². The number of hydrogen-bond donors (Lipinski definition) is 1. The zero-order chi connectivity index (χ0) is 12.5. The molecule has 0 saturated carbocycles. The lowest BCUT2D eigenvalue weighted by Gasteiger charge is -2.08. The number of alkyl halides is 1. The maximum Gasteiger partial charge on any atom is 0.340 e. The van der Waals surface area contributed by atoms with Gasteiger partial charge in [-0.05, 0) is 13.8 Å². The van der Waals surface area contributed by atoms with Gasteiger partial charge in [-0.1, -0.05) is 0 Å². The van der Waals surface area contributed by atoms with Crippen molar-refractivity contribution in [2.45, 2.75) is 20.0 Å². The smallest absolute Gasteiger partial charge is 0.340 e. The Hall–Kier alpha value is -1.36. The van der Waals surface area contributed by atoms with Crippen molar-refractivity contribution in [3.63, 3.8) is 0 Å². The average Bonchev–Trinajstić information content (AvgIpc) is 2.51. The summed E-state index contributed by atoms with van der Waals surface area (Å²) in [6.45, 7) is 2.54. The summed E-state index contributed by atoms with van der Waals surface area (Å²) in [6.07, 6.45) is -1.28. The van der Waals surface area contributed by atoms with Crippen LogP contribution in [-0.4, -0.2) is 29.4 Å². The minimum absolute atomic E-state index is 0.257. The lowest BCUT2D eigenvalue weighted by Crippen LogP contribution is -2.10. The van der Waals surface area contributed by atoms with E-state index in [9.17, 15) is 14.3 Å². The zero-order valence-electron chi connectivity index (χ0n) is 9.87. The van der Waals surface area contributed by atoms with Crippen LogP contribution in [0.2, 0.25) is 0 Å². The van der Waals surface area contributed by atoms with Crippen molar-refractivity contribution in [1.29, 1.82) is 0 Å². The van der Waals surface area contributed by atoms with Crippen LogP contribution in [0.3, 0.4) is 0 Å². The molecule has 0 saturated heterocycles. The van der Waals surface area contributed by atoms with Crippen molar-refractivity contribution in [1.82, 2.24) is 4.57 Å². The molecule has 1 rings (SSSR count). The fraction of sp³-hybridized carbons (Fsp3) is 0.545. The first kappa shape index (κ1) is 12.7. The lowest BCUT2D eigenvalue weighted by atomic mass is 10.0. The second-order valence-electron chi connectivity index (χ2n) is 3.68. The van der Waals surface area contributed by atoms with Crippen LogP contribution in [-0.2, 0) is 11.8 Å². The van der Waals surface area contributed by atoms with Gasteiger partial charge in [-0.3, -0.25) is 0 Å². The molecular weight excluding hydrogens is 213 g/mol. The summed E-state index contributed by atoms with van der Waals surface area (Å²) in [6, 6.07) is 0. The van der Waals surface area contributed by atoms with Crippen molar-refractivity contribution in [3.8, 4) is 0 Å². The molecule has 1 N–H and O–H groups in total. The third kappa shape index (κ3) is 1.82. The van der Waals surface area contributed by atoms with Crippen LogP contribution >= 0.6 is 0 Å². The molecule has 1 heterocycles. The molecule has 0 aliphatic rings. The largest absolute Gasteiger partial charge is 0.465 e. The highest BCUT2D eigenvalue weighted by Gasteiger charge is 2.26. The van der Waals surface area contributed by atoms with E-state index < -0.39 is 18.7 Å². The molecule has 1 unspecified atom stereocenters. The van der Waals surface area contributed by atoms with E-state index in [1.807, 2.05) is 0 Å². The first-order valence-corrected chi connectivity index (χ1v) is 4.93. The van der Waals surface area contributed by atoms with E-state index in [4.69, 9.17) is 0 Å². The van der Waals surface area contributed by atoms with E-state index >= 15 is 0 Å². The van der Waals surface area contributed by atoms with Gasteiger partial charge in [0.15, 0.2) is 0 Å². The molecule has 1 atom stereocenters. The van der Waals surface area contributed by atoms with Gasteiger partial charge in [-0.25, -0.2) is 9.18 Å². The predicted octanol–water partition coefficient (Wildman–Crippen LogP) is 1.43. The summed E-state index contributed by atoms with van der Waals surface area (Å²) in [5.41, 5.74) is 1.90. The number of hydrogen-bond acceptors (Lipinski definition) is 3. The minimum atomic E-state index is -1.28. The Labute approximate surface area is 93.6 Å². The molecular formula is C11H16FNO3. The molecule has 90 valence electrons. The van der Waals surface area contributed by atoms with E-state index in [0.29, 0.717) is 17.0 Å². The second-order valence-corrected chi connectivity index (χ2v) is 3.68. The van der Waals surface area contributed by atoms with Gasteiger partial charge in [0, 0.05) is 24.0 Å². The highest BCUT2D eigenvalue weighted by Crippen LogP contribution is 2.28. The Morgan fingerprint density at radius 3 is 2.50 bits per heavy atom. The van der Waals surface area contributed by atoms with Gasteiger partial charge in [0.1, 0.15) is 12.8 Å². The van der Waals surface area contributed by atoms with Crippen molar-refractivity contribution in [3.05, 3.63) is 22.5 Å². The summed E-state index contributed by atoms with van der Waals surface area (Å²) in [5, 5.41) is 9.58. The zero-order valence-corrected chi connectivity index (χ0v) is 9.87. The first-order chi connectivity index (χ1) is 7.45. The molecule has 0 spiro atoms. The number of esters is 1. The Bertz CT molecular complexity index is 412. The number of aliphatic hydroxyl groups excluding tert-OH is 1. The van der Waals surface area contributed by atoms with E-state index in [0.717, 1.165) is 0 Å². The quantitative estimate of drug-likeness (QED) is 0.798. The molecule has 4 nitrogen and oxygen atoms in total. The summed E-state index contributed by atoms with van der Waals surface area (Å²) in [4.78, 5) is 11.6. The highest BCUT2D eigenvalue weighted by atomic mass is 19.1. The normalized spacial score (nSPS) is 12.6. The topological polar surface area (TPSA) is 51.5 Å². The van der Waals surface area contributed by atoms with Gasteiger partial charge in [0.2, 0.25) is 0 Å². The van der Waals surface area contributed by atoms with Crippen LogP contribution in [0, 0.1) is 13.8 Å². The average molecular weight is 229 g/mol. The molecule has 5 heteroatoms. The van der Waals surface area contributed by atoms with Crippen LogP contribution in [0.4, 0.5) is 4.39 Å². The fourth-order valence-corrected chi connectivity index (χ4v) is 1.82. The third-order valence-corrected chi connectivity index (χ3v) is 2.90.